The molecule has 0 radical (unpaired) electrons. The molecule has 23 heavy (non-hydrogen) atoms. The molecule has 0 bridgehead atoms. The molecule has 0 spiro atoms. The van der Waals surface area contributed by atoms with E-state index in [9.17, 15) is 9.59 Å². The number of rotatable bonds is 6. The summed E-state index contributed by atoms with van der Waals surface area (Å²) in [5.41, 5.74) is 2.14. The van der Waals surface area contributed by atoms with Crippen molar-refractivity contribution in [2.45, 2.75) is 25.7 Å². The zero-order chi connectivity index (χ0) is 16.7. The summed E-state index contributed by atoms with van der Waals surface area (Å²) in [7, 11) is 1.34. The lowest BCUT2D eigenvalue weighted by molar-refractivity contribution is -0.117. The Kier molecular flexibility index (Phi) is 5.92. The number of esters is 1. The van der Waals surface area contributed by atoms with Gasteiger partial charge in [-0.15, -0.1) is 0 Å². The first-order valence-electron chi connectivity index (χ1n) is 7.70. The highest BCUT2D eigenvalue weighted by Gasteiger charge is 2.19. The number of hydrogen-bond acceptors (Lipinski definition) is 3. The molecule has 0 heterocycles. The van der Waals surface area contributed by atoms with Crippen LogP contribution in [0.2, 0.25) is 0 Å². The van der Waals surface area contributed by atoms with Crippen LogP contribution in [0.25, 0.3) is 0 Å². The fraction of sp³-hybridized carbons (Fsp3) is 0.263. The molecular weight excluding hydrogens is 290 g/mol. The first kappa shape index (κ1) is 16.7. The minimum Gasteiger partial charge on any atom is -0.465 e. The van der Waals surface area contributed by atoms with Gasteiger partial charge in [0.05, 0.1) is 18.6 Å². The van der Waals surface area contributed by atoms with Gasteiger partial charge < -0.3 is 10.1 Å². The van der Waals surface area contributed by atoms with Crippen LogP contribution in [-0.2, 0) is 9.53 Å². The molecule has 1 N–H and O–H groups in total. The van der Waals surface area contributed by atoms with E-state index in [4.69, 9.17) is 0 Å². The van der Waals surface area contributed by atoms with E-state index in [1.165, 1.54) is 7.11 Å². The fourth-order valence-corrected chi connectivity index (χ4v) is 2.46. The predicted molar refractivity (Wildman–Crippen MR) is 90.5 cm³/mol. The molecule has 0 aliphatic carbocycles. The van der Waals surface area contributed by atoms with E-state index in [-0.39, 0.29) is 11.8 Å². The van der Waals surface area contributed by atoms with Crippen molar-refractivity contribution in [1.82, 2.24) is 0 Å². The van der Waals surface area contributed by atoms with Crippen LogP contribution in [0.5, 0.6) is 0 Å². The van der Waals surface area contributed by atoms with Gasteiger partial charge in [-0.25, -0.2) is 4.79 Å². The minimum atomic E-state index is -0.393. The molecule has 0 aliphatic rings. The lowest BCUT2D eigenvalue weighted by atomic mass is 9.93. The topological polar surface area (TPSA) is 55.4 Å². The zero-order valence-electron chi connectivity index (χ0n) is 13.4. The summed E-state index contributed by atoms with van der Waals surface area (Å²) >= 11 is 0. The van der Waals surface area contributed by atoms with E-state index in [0.29, 0.717) is 11.3 Å². The Morgan fingerprint density at radius 3 is 2.26 bits per heavy atom. The maximum atomic E-state index is 12.6. The molecular formula is C19H21NO3. The third kappa shape index (κ3) is 4.42. The largest absolute Gasteiger partial charge is 0.465 e. The summed E-state index contributed by atoms with van der Waals surface area (Å²) in [4.78, 5) is 24.0. The average molecular weight is 311 g/mol. The van der Waals surface area contributed by atoms with Crippen molar-refractivity contribution >= 4 is 17.6 Å². The Hall–Kier alpha value is -2.62. The smallest absolute Gasteiger partial charge is 0.337 e. The normalized spacial score (nSPS) is 11.6. The van der Waals surface area contributed by atoms with Crippen molar-refractivity contribution in [1.29, 1.82) is 0 Å². The monoisotopic (exact) mass is 311 g/mol. The maximum Gasteiger partial charge on any atom is 0.337 e. The predicted octanol–water partition coefficient (Wildman–Crippen LogP) is 4.00. The highest BCUT2D eigenvalue weighted by molar-refractivity contribution is 5.96. The van der Waals surface area contributed by atoms with Gasteiger partial charge in [0.25, 0.3) is 0 Å². The number of hydrogen-bond donors (Lipinski definition) is 1. The number of carbonyl (C=O) groups excluding carboxylic acids is 2. The highest BCUT2D eigenvalue weighted by atomic mass is 16.5. The molecule has 4 nitrogen and oxygen atoms in total. The summed E-state index contributed by atoms with van der Waals surface area (Å²) in [5.74, 6) is -0.610. The number of amides is 1. The van der Waals surface area contributed by atoms with Gasteiger partial charge >= 0.3 is 5.97 Å². The molecule has 4 heteroatoms. The first-order chi connectivity index (χ1) is 11.2. The maximum absolute atomic E-state index is 12.6. The van der Waals surface area contributed by atoms with Crippen molar-refractivity contribution in [2.24, 2.45) is 0 Å². The standard InChI is InChI=1S/C19H21NO3/c1-3-7-17(14-8-5-4-6-9-14)18(21)20-16-12-10-15(11-13-16)19(22)23-2/h4-6,8-13,17H,3,7H2,1-2H3,(H,20,21)/t17-/m0/s1. The molecule has 2 rings (SSSR count). The Labute approximate surface area is 136 Å². The molecule has 0 fully saturated rings. The second-order valence-electron chi connectivity index (χ2n) is 5.31. The van der Waals surface area contributed by atoms with Crippen LogP contribution in [0.1, 0.15) is 41.6 Å². The van der Waals surface area contributed by atoms with Crippen molar-refractivity contribution in [3.8, 4) is 0 Å². The van der Waals surface area contributed by atoms with Gasteiger partial charge in [-0.1, -0.05) is 43.7 Å². The van der Waals surface area contributed by atoms with Crippen LogP contribution in [0.4, 0.5) is 5.69 Å². The van der Waals surface area contributed by atoms with E-state index < -0.39 is 5.97 Å². The summed E-state index contributed by atoms with van der Waals surface area (Å²) < 4.78 is 4.66. The number of nitrogens with one attached hydrogen (secondary N) is 1. The number of carbonyl (C=O) groups is 2. The zero-order valence-corrected chi connectivity index (χ0v) is 13.4. The lowest BCUT2D eigenvalue weighted by Gasteiger charge is -2.16. The van der Waals surface area contributed by atoms with E-state index in [0.717, 1.165) is 18.4 Å². The lowest BCUT2D eigenvalue weighted by Crippen LogP contribution is -2.21. The molecule has 0 aromatic heterocycles. The number of anilines is 1. The molecule has 1 atom stereocenters. The van der Waals surface area contributed by atoms with Crippen molar-refractivity contribution < 1.29 is 14.3 Å². The molecule has 0 aliphatic heterocycles. The minimum absolute atomic E-state index is 0.0381. The molecule has 0 unspecified atom stereocenters. The first-order valence-corrected chi connectivity index (χ1v) is 7.70. The van der Waals surface area contributed by atoms with Gasteiger partial charge in [0.2, 0.25) is 5.91 Å². The third-order valence-electron chi connectivity index (χ3n) is 3.67. The second-order valence-corrected chi connectivity index (χ2v) is 5.31. The van der Waals surface area contributed by atoms with E-state index >= 15 is 0 Å². The van der Waals surface area contributed by atoms with E-state index in [2.05, 4.69) is 17.0 Å². The van der Waals surface area contributed by atoms with Crippen LogP contribution in [0.15, 0.2) is 54.6 Å². The van der Waals surface area contributed by atoms with Gasteiger partial charge in [-0.3, -0.25) is 4.79 Å². The van der Waals surface area contributed by atoms with Gasteiger partial charge in [-0.2, -0.15) is 0 Å². The summed E-state index contributed by atoms with van der Waals surface area (Å²) in [5, 5.41) is 2.92. The summed E-state index contributed by atoms with van der Waals surface area (Å²) in [6, 6.07) is 16.5. The van der Waals surface area contributed by atoms with Gasteiger partial charge in [0, 0.05) is 5.69 Å². The Morgan fingerprint density at radius 1 is 1.04 bits per heavy atom. The fourth-order valence-electron chi connectivity index (χ4n) is 2.46. The number of methoxy groups -OCH3 is 1. The molecule has 120 valence electrons. The van der Waals surface area contributed by atoms with Crippen molar-refractivity contribution in [2.75, 3.05) is 12.4 Å². The van der Waals surface area contributed by atoms with Crippen LogP contribution in [0, 0.1) is 0 Å². The molecule has 0 saturated carbocycles. The number of benzene rings is 2. The summed E-state index contributed by atoms with van der Waals surface area (Å²) in [6.07, 6.45) is 1.71. The number of ether oxygens (including phenoxy) is 1. The van der Waals surface area contributed by atoms with Crippen LogP contribution >= 0.6 is 0 Å². The third-order valence-corrected chi connectivity index (χ3v) is 3.67. The Morgan fingerprint density at radius 2 is 1.70 bits per heavy atom. The molecule has 1 amide bonds. The SMILES string of the molecule is CCC[C@H](C(=O)Nc1ccc(C(=O)OC)cc1)c1ccccc1. The van der Waals surface area contributed by atoms with Gasteiger partial charge in [0.15, 0.2) is 0 Å². The van der Waals surface area contributed by atoms with Crippen LogP contribution in [-0.4, -0.2) is 19.0 Å². The van der Waals surface area contributed by atoms with Crippen molar-refractivity contribution in [3.63, 3.8) is 0 Å². The van der Waals surface area contributed by atoms with E-state index in [1.54, 1.807) is 24.3 Å². The molecule has 2 aromatic carbocycles. The van der Waals surface area contributed by atoms with Gasteiger partial charge in [-0.05, 0) is 36.2 Å². The highest BCUT2D eigenvalue weighted by Crippen LogP contribution is 2.23. The van der Waals surface area contributed by atoms with Crippen LogP contribution in [0.3, 0.4) is 0 Å². The molecule has 2 aromatic rings. The summed E-state index contributed by atoms with van der Waals surface area (Å²) in [6.45, 7) is 2.06. The second kappa shape index (κ2) is 8.13. The Bertz CT molecular complexity index is 650. The van der Waals surface area contributed by atoms with Crippen LogP contribution < -0.4 is 5.32 Å². The quantitative estimate of drug-likeness (QED) is 0.821. The Balaban J connectivity index is 2.11. The van der Waals surface area contributed by atoms with E-state index in [1.807, 2.05) is 30.3 Å². The van der Waals surface area contributed by atoms with Crippen molar-refractivity contribution in [3.05, 3.63) is 65.7 Å². The molecule has 0 saturated heterocycles. The van der Waals surface area contributed by atoms with Gasteiger partial charge in [0.1, 0.15) is 0 Å². The average Bonchev–Trinajstić information content (AvgIpc) is 2.60.